The maximum absolute atomic E-state index is 12.5. The molecule has 0 saturated carbocycles. The number of nitrogens with two attached hydrogens (primary N) is 1. The molecule has 6 nitrogen and oxygen atoms in total. The second-order valence-corrected chi connectivity index (χ2v) is 7.68. The average molecular weight is 412 g/mol. The van der Waals surface area contributed by atoms with Crippen molar-refractivity contribution in [3.8, 4) is 0 Å². The van der Waals surface area contributed by atoms with E-state index in [1.54, 1.807) is 42.5 Å². The number of thiophene rings is 1. The molecule has 3 rings (SSSR count). The van der Waals surface area contributed by atoms with E-state index in [1.165, 1.54) is 23.1 Å². The highest BCUT2D eigenvalue weighted by molar-refractivity contribution is 8.00. The van der Waals surface area contributed by atoms with Crippen molar-refractivity contribution in [2.75, 3.05) is 16.4 Å². The number of para-hydroxylation sites is 1. The van der Waals surface area contributed by atoms with Crippen LogP contribution in [0.15, 0.2) is 70.9 Å². The minimum atomic E-state index is -0.425. The third kappa shape index (κ3) is 5.21. The number of anilines is 2. The van der Waals surface area contributed by atoms with E-state index in [0.717, 1.165) is 4.90 Å². The maximum atomic E-state index is 12.5. The molecule has 4 N–H and O–H groups in total. The lowest BCUT2D eigenvalue weighted by Gasteiger charge is -2.11. The summed E-state index contributed by atoms with van der Waals surface area (Å²) in [5.74, 6) is -0.770. The number of rotatable bonds is 7. The Hall–Kier alpha value is -3.10. The zero-order chi connectivity index (χ0) is 19.9. The van der Waals surface area contributed by atoms with E-state index in [2.05, 4.69) is 10.6 Å². The molecule has 142 valence electrons. The first-order chi connectivity index (χ1) is 13.5. The molecule has 0 saturated heterocycles. The van der Waals surface area contributed by atoms with Crippen LogP contribution in [0, 0.1) is 0 Å². The fourth-order valence-electron chi connectivity index (χ4n) is 2.34. The van der Waals surface area contributed by atoms with Gasteiger partial charge in [0.25, 0.3) is 11.8 Å². The van der Waals surface area contributed by atoms with Crippen molar-refractivity contribution in [2.45, 2.75) is 4.90 Å². The first-order valence-corrected chi connectivity index (χ1v) is 10.2. The number of carbonyl (C=O) groups excluding carboxylic acids is 3. The van der Waals surface area contributed by atoms with Crippen molar-refractivity contribution in [3.05, 3.63) is 76.5 Å². The van der Waals surface area contributed by atoms with E-state index in [-0.39, 0.29) is 17.6 Å². The molecule has 28 heavy (non-hydrogen) atoms. The lowest BCUT2D eigenvalue weighted by molar-refractivity contribution is -0.115. The standard InChI is InChI=1S/C20H17N3O3S2/c21-18(24)12-28-16-5-2-1-4-15(16)23-19(25)13-7-9-14(10-8-13)22-20(26)17-6-3-11-27-17/h1-11H,12H2,(H2,21,24)(H,22,26)(H,23,25). The molecule has 0 radical (unpaired) electrons. The highest BCUT2D eigenvalue weighted by Gasteiger charge is 2.11. The van der Waals surface area contributed by atoms with Crippen molar-refractivity contribution in [2.24, 2.45) is 5.73 Å². The number of carbonyl (C=O) groups is 3. The molecule has 0 fully saturated rings. The Bertz CT molecular complexity index is 986. The molecule has 8 heteroatoms. The second-order valence-electron chi connectivity index (χ2n) is 5.71. The topological polar surface area (TPSA) is 101 Å². The SMILES string of the molecule is NC(=O)CSc1ccccc1NC(=O)c1ccc(NC(=O)c2cccs2)cc1. The van der Waals surface area contributed by atoms with Crippen LogP contribution < -0.4 is 16.4 Å². The van der Waals surface area contributed by atoms with Crippen LogP contribution in [0.25, 0.3) is 0 Å². The number of thioether (sulfide) groups is 1. The van der Waals surface area contributed by atoms with Gasteiger partial charge in [-0.3, -0.25) is 14.4 Å². The van der Waals surface area contributed by atoms with Crippen LogP contribution in [0.3, 0.4) is 0 Å². The predicted molar refractivity (Wildman–Crippen MR) is 113 cm³/mol. The fourth-order valence-corrected chi connectivity index (χ4v) is 3.71. The predicted octanol–water partition coefficient (Wildman–Crippen LogP) is 3.83. The minimum absolute atomic E-state index is 0.130. The summed E-state index contributed by atoms with van der Waals surface area (Å²) in [6.07, 6.45) is 0. The number of hydrogen-bond acceptors (Lipinski definition) is 5. The molecule has 1 aromatic heterocycles. The molecule has 3 amide bonds. The van der Waals surface area contributed by atoms with E-state index < -0.39 is 5.91 Å². The first kappa shape index (κ1) is 19.7. The van der Waals surface area contributed by atoms with Crippen molar-refractivity contribution < 1.29 is 14.4 Å². The van der Waals surface area contributed by atoms with Crippen LogP contribution in [0.4, 0.5) is 11.4 Å². The summed E-state index contributed by atoms with van der Waals surface area (Å²) in [7, 11) is 0. The Morgan fingerprint density at radius 2 is 1.64 bits per heavy atom. The van der Waals surface area contributed by atoms with Gasteiger partial charge in [0.2, 0.25) is 5.91 Å². The third-order valence-corrected chi connectivity index (χ3v) is 5.62. The van der Waals surface area contributed by atoms with Crippen LogP contribution in [0.1, 0.15) is 20.0 Å². The number of hydrogen-bond donors (Lipinski definition) is 3. The van der Waals surface area contributed by atoms with Gasteiger partial charge in [-0.25, -0.2) is 0 Å². The normalized spacial score (nSPS) is 10.3. The Morgan fingerprint density at radius 3 is 2.32 bits per heavy atom. The number of amides is 3. The van der Waals surface area contributed by atoms with Crippen LogP contribution in [0.5, 0.6) is 0 Å². The van der Waals surface area contributed by atoms with E-state index in [9.17, 15) is 14.4 Å². The van der Waals surface area contributed by atoms with Gasteiger partial charge in [0.05, 0.1) is 16.3 Å². The van der Waals surface area contributed by atoms with Gasteiger partial charge in [0, 0.05) is 16.1 Å². The van der Waals surface area contributed by atoms with Crippen LogP contribution in [-0.4, -0.2) is 23.5 Å². The summed E-state index contributed by atoms with van der Waals surface area (Å²) >= 11 is 2.62. The Kier molecular flexibility index (Phi) is 6.46. The van der Waals surface area contributed by atoms with Crippen molar-refractivity contribution >= 4 is 52.2 Å². The minimum Gasteiger partial charge on any atom is -0.369 e. The highest BCUT2D eigenvalue weighted by Crippen LogP contribution is 2.27. The van der Waals surface area contributed by atoms with Gasteiger partial charge in [-0.1, -0.05) is 18.2 Å². The summed E-state index contributed by atoms with van der Waals surface area (Å²) in [6.45, 7) is 0. The summed E-state index contributed by atoms with van der Waals surface area (Å²) < 4.78 is 0. The van der Waals surface area contributed by atoms with Gasteiger partial charge in [-0.2, -0.15) is 0 Å². The van der Waals surface area contributed by atoms with Crippen LogP contribution >= 0.6 is 23.1 Å². The second kappa shape index (κ2) is 9.20. The average Bonchev–Trinajstić information content (AvgIpc) is 3.23. The fraction of sp³-hybridized carbons (Fsp3) is 0.0500. The molecule has 1 heterocycles. The van der Waals surface area contributed by atoms with E-state index in [0.29, 0.717) is 21.8 Å². The molecule has 0 aliphatic heterocycles. The molecule has 0 atom stereocenters. The monoisotopic (exact) mass is 411 g/mol. The van der Waals surface area contributed by atoms with Crippen molar-refractivity contribution in [3.63, 3.8) is 0 Å². The van der Waals surface area contributed by atoms with Gasteiger partial charge in [0.15, 0.2) is 0 Å². The van der Waals surface area contributed by atoms with Gasteiger partial charge in [-0.15, -0.1) is 23.1 Å². The molecule has 0 spiro atoms. The van der Waals surface area contributed by atoms with Gasteiger partial charge in [-0.05, 0) is 47.8 Å². The van der Waals surface area contributed by atoms with E-state index >= 15 is 0 Å². The third-order valence-electron chi connectivity index (χ3n) is 3.66. The smallest absolute Gasteiger partial charge is 0.265 e. The van der Waals surface area contributed by atoms with Gasteiger partial charge < -0.3 is 16.4 Å². The van der Waals surface area contributed by atoms with Crippen molar-refractivity contribution in [1.82, 2.24) is 0 Å². The molecule has 0 aliphatic carbocycles. The van der Waals surface area contributed by atoms with E-state index in [1.807, 2.05) is 23.6 Å². The zero-order valence-electron chi connectivity index (χ0n) is 14.7. The molecule has 0 unspecified atom stereocenters. The van der Waals surface area contributed by atoms with E-state index in [4.69, 9.17) is 5.73 Å². The number of benzene rings is 2. The summed E-state index contributed by atoms with van der Waals surface area (Å²) in [6, 6.07) is 17.4. The molecule has 3 aromatic rings. The Labute approximate surface area is 170 Å². The van der Waals surface area contributed by atoms with Gasteiger partial charge in [0.1, 0.15) is 0 Å². The summed E-state index contributed by atoms with van der Waals surface area (Å²) in [4.78, 5) is 37.0. The first-order valence-electron chi connectivity index (χ1n) is 8.29. The van der Waals surface area contributed by atoms with Crippen LogP contribution in [0.2, 0.25) is 0 Å². The number of nitrogens with one attached hydrogen (secondary N) is 2. The quantitative estimate of drug-likeness (QED) is 0.514. The highest BCUT2D eigenvalue weighted by atomic mass is 32.2. The zero-order valence-corrected chi connectivity index (χ0v) is 16.3. The summed E-state index contributed by atoms with van der Waals surface area (Å²) in [5.41, 5.74) is 6.84. The lowest BCUT2D eigenvalue weighted by Crippen LogP contribution is -2.15. The molecule has 0 aliphatic rings. The van der Waals surface area contributed by atoms with Crippen LogP contribution in [-0.2, 0) is 4.79 Å². The Balaban J connectivity index is 1.65. The maximum Gasteiger partial charge on any atom is 0.265 e. The number of primary amides is 1. The molecule has 0 bridgehead atoms. The molecule has 2 aromatic carbocycles. The molecular formula is C20H17N3O3S2. The van der Waals surface area contributed by atoms with Gasteiger partial charge >= 0.3 is 0 Å². The largest absolute Gasteiger partial charge is 0.369 e. The summed E-state index contributed by atoms with van der Waals surface area (Å²) in [5, 5.41) is 7.46. The Morgan fingerprint density at radius 1 is 0.893 bits per heavy atom. The molecular weight excluding hydrogens is 394 g/mol. The van der Waals surface area contributed by atoms with Crippen molar-refractivity contribution in [1.29, 1.82) is 0 Å². The lowest BCUT2D eigenvalue weighted by atomic mass is 10.2.